The van der Waals surface area contributed by atoms with E-state index in [-0.39, 0.29) is 6.54 Å². The van der Waals surface area contributed by atoms with Crippen molar-refractivity contribution in [3.05, 3.63) is 42.6 Å². The summed E-state index contributed by atoms with van der Waals surface area (Å²) in [5.41, 5.74) is 0.722. The largest absolute Gasteiger partial charge is 0.480 e. The van der Waals surface area contributed by atoms with Gasteiger partial charge in [-0.1, -0.05) is 18.2 Å². The van der Waals surface area contributed by atoms with Gasteiger partial charge in [-0.3, -0.25) is 9.48 Å². The molecule has 2 aromatic rings. The maximum Gasteiger partial charge on any atom is 0.325 e. The van der Waals surface area contributed by atoms with E-state index in [4.69, 9.17) is 5.11 Å². The lowest BCUT2D eigenvalue weighted by molar-refractivity contribution is -0.137. The summed E-state index contributed by atoms with van der Waals surface area (Å²) in [5, 5.41) is 20.4. The zero-order chi connectivity index (χ0) is 12.1. The summed E-state index contributed by atoms with van der Waals surface area (Å²) >= 11 is 0. The number of aliphatic carboxylic acids is 1. The number of benzene rings is 1. The van der Waals surface area contributed by atoms with E-state index in [1.54, 1.807) is 12.3 Å². The Hall–Kier alpha value is -2.50. The molecule has 1 aromatic heterocycles. The van der Waals surface area contributed by atoms with Gasteiger partial charge in [-0.05, 0) is 12.1 Å². The van der Waals surface area contributed by atoms with Gasteiger partial charge in [-0.2, -0.15) is 5.10 Å². The zero-order valence-corrected chi connectivity index (χ0v) is 8.89. The average molecular weight is 230 g/mol. The summed E-state index contributed by atoms with van der Waals surface area (Å²) < 4.78 is 1.29. The monoisotopic (exact) mass is 230 g/mol. The first-order chi connectivity index (χ1) is 8.24. The molecule has 0 aliphatic carbocycles. The molecule has 6 heteroatoms. The van der Waals surface area contributed by atoms with Crippen molar-refractivity contribution in [2.45, 2.75) is 6.54 Å². The molecule has 0 aliphatic rings. The van der Waals surface area contributed by atoms with E-state index < -0.39 is 5.97 Å². The maximum absolute atomic E-state index is 10.4. The first-order valence-corrected chi connectivity index (χ1v) is 4.96. The molecular formula is C11H10N4O2. The Balaban J connectivity index is 2.06. The fourth-order valence-electron chi connectivity index (χ4n) is 1.23. The highest BCUT2D eigenvalue weighted by atomic mass is 16.4. The van der Waals surface area contributed by atoms with Crippen LogP contribution in [0.1, 0.15) is 0 Å². The molecule has 0 atom stereocenters. The van der Waals surface area contributed by atoms with Gasteiger partial charge in [0.25, 0.3) is 0 Å². The first kappa shape index (κ1) is 11.0. The Morgan fingerprint density at radius 3 is 2.71 bits per heavy atom. The number of azo groups is 1. The molecular weight excluding hydrogens is 220 g/mol. The van der Waals surface area contributed by atoms with Crippen LogP contribution in [0.5, 0.6) is 0 Å². The second-order valence-corrected chi connectivity index (χ2v) is 3.30. The highest BCUT2D eigenvalue weighted by molar-refractivity contribution is 5.66. The SMILES string of the molecule is O=C(O)Cn1ccc(N=Nc2ccccc2)n1. The molecule has 0 saturated heterocycles. The van der Waals surface area contributed by atoms with Gasteiger partial charge in [0.2, 0.25) is 0 Å². The second-order valence-electron chi connectivity index (χ2n) is 3.30. The maximum atomic E-state index is 10.4. The quantitative estimate of drug-likeness (QED) is 0.819. The Morgan fingerprint density at radius 2 is 2.00 bits per heavy atom. The lowest BCUT2D eigenvalue weighted by Gasteiger charge is -1.92. The standard InChI is InChI=1S/C11H10N4O2/c16-11(17)8-15-7-6-10(14-15)13-12-9-4-2-1-3-5-9/h1-7H,8H2,(H,16,17). The third-order valence-corrected chi connectivity index (χ3v) is 1.95. The molecule has 0 aliphatic heterocycles. The van der Waals surface area contributed by atoms with Gasteiger partial charge in [0.15, 0.2) is 5.82 Å². The Bertz CT molecular complexity index is 533. The Labute approximate surface area is 97.2 Å². The van der Waals surface area contributed by atoms with Gasteiger partial charge >= 0.3 is 5.97 Å². The van der Waals surface area contributed by atoms with Gasteiger partial charge in [-0.25, -0.2) is 0 Å². The Kier molecular flexibility index (Phi) is 3.25. The van der Waals surface area contributed by atoms with Crippen LogP contribution < -0.4 is 0 Å². The topological polar surface area (TPSA) is 79.8 Å². The molecule has 0 saturated carbocycles. The van der Waals surface area contributed by atoms with Gasteiger partial charge in [0.05, 0.1) is 5.69 Å². The molecule has 0 radical (unpaired) electrons. The Morgan fingerprint density at radius 1 is 1.24 bits per heavy atom. The minimum Gasteiger partial charge on any atom is -0.480 e. The normalized spacial score (nSPS) is 10.8. The second kappa shape index (κ2) is 5.02. The third kappa shape index (κ3) is 3.23. The summed E-state index contributed by atoms with van der Waals surface area (Å²) in [7, 11) is 0. The number of rotatable bonds is 4. The minimum atomic E-state index is -0.945. The fraction of sp³-hybridized carbons (Fsp3) is 0.0909. The van der Waals surface area contributed by atoms with Crippen LogP contribution in [0.25, 0.3) is 0 Å². The van der Waals surface area contributed by atoms with E-state index in [1.165, 1.54) is 4.68 Å². The van der Waals surface area contributed by atoms with E-state index >= 15 is 0 Å². The van der Waals surface area contributed by atoms with Crippen molar-refractivity contribution >= 4 is 17.5 Å². The molecule has 0 fully saturated rings. The molecule has 0 amide bonds. The van der Waals surface area contributed by atoms with Gasteiger partial charge in [0, 0.05) is 12.3 Å². The lowest BCUT2D eigenvalue weighted by Crippen LogP contribution is -2.08. The molecule has 2 rings (SSSR count). The molecule has 17 heavy (non-hydrogen) atoms. The number of hydrogen-bond donors (Lipinski definition) is 1. The number of aromatic nitrogens is 2. The molecule has 0 spiro atoms. The van der Waals surface area contributed by atoms with Crippen molar-refractivity contribution in [2.75, 3.05) is 0 Å². The van der Waals surface area contributed by atoms with Crippen molar-refractivity contribution in [3.8, 4) is 0 Å². The molecule has 1 heterocycles. The number of hydrogen-bond acceptors (Lipinski definition) is 4. The van der Waals surface area contributed by atoms with Crippen molar-refractivity contribution < 1.29 is 9.90 Å². The first-order valence-electron chi connectivity index (χ1n) is 4.96. The molecule has 1 N–H and O–H groups in total. The summed E-state index contributed by atoms with van der Waals surface area (Å²) in [6.07, 6.45) is 1.55. The van der Waals surface area contributed by atoms with E-state index in [0.717, 1.165) is 5.69 Å². The van der Waals surface area contributed by atoms with Crippen molar-refractivity contribution in [1.29, 1.82) is 0 Å². The summed E-state index contributed by atoms with van der Waals surface area (Å²) in [6.45, 7) is -0.180. The molecule has 0 unspecified atom stereocenters. The average Bonchev–Trinajstić information content (AvgIpc) is 2.75. The predicted molar refractivity (Wildman–Crippen MR) is 60.5 cm³/mol. The predicted octanol–water partition coefficient (Wildman–Crippen LogP) is 2.38. The van der Waals surface area contributed by atoms with Crippen LogP contribution in [0.15, 0.2) is 52.8 Å². The van der Waals surface area contributed by atoms with E-state index in [9.17, 15) is 4.79 Å². The van der Waals surface area contributed by atoms with Gasteiger partial charge < -0.3 is 5.11 Å². The van der Waals surface area contributed by atoms with Crippen molar-refractivity contribution in [2.24, 2.45) is 10.2 Å². The third-order valence-electron chi connectivity index (χ3n) is 1.95. The molecule has 0 bridgehead atoms. The number of carbonyl (C=O) groups is 1. The summed E-state index contributed by atoms with van der Waals surface area (Å²) in [4.78, 5) is 10.4. The van der Waals surface area contributed by atoms with Crippen LogP contribution in [0.4, 0.5) is 11.5 Å². The smallest absolute Gasteiger partial charge is 0.325 e. The molecule has 6 nitrogen and oxygen atoms in total. The lowest BCUT2D eigenvalue weighted by atomic mass is 10.3. The van der Waals surface area contributed by atoms with Crippen LogP contribution in [-0.4, -0.2) is 20.9 Å². The fourth-order valence-corrected chi connectivity index (χ4v) is 1.23. The van der Waals surface area contributed by atoms with Crippen LogP contribution in [0, 0.1) is 0 Å². The number of nitrogens with zero attached hydrogens (tertiary/aromatic N) is 4. The van der Waals surface area contributed by atoms with Crippen molar-refractivity contribution in [3.63, 3.8) is 0 Å². The molecule has 86 valence electrons. The zero-order valence-electron chi connectivity index (χ0n) is 8.89. The van der Waals surface area contributed by atoms with Crippen LogP contribution in [-0.2, 0) is 11.3 Å². The highest BCUT2D eigenvalue weighted by Crippen LogP contribution is 2.15. The summed E-state index contributed by atoms with van der Waals surface area (Å²) in [6, 6.07) is 10.8. The number of carboxylic acid groups (broad SMARTS) is 1. The van der Waals surface area contributed by atoms with Gasteiger partial charge in [0.1, 0.15) is 6.54 Å². The van der Waals surface area contributed by atoms with E-state index in [1.807, 2.05) is 30.3 Å². The van der Waals surface area contributed by atoms with Crippen LogP contribution in [0.3, 0.4) is 0 Å². The number of carboxylic acids is 1. The minimum absolute atomic E-state index is 0.180. The van der Waals surface area contributed by atoms with E-state index in [2.05, 4.69) is 15.3 Å². The van der Waals surface area contributed by atoms with E-state index in [0.29, 0.717) is 5.82 Å². The molecule has 1 aromatic carbocycles. The van der Waals surface area contributed by atoms with Gasteiger partial charge in [-0.15, -0.1) is 10.2 Å². The summed E-state index contributed by atoms with van der Waals surface area (Å²) in [5.74, 6) is -0.560. The van der Waals surface area contributed by atoms with Crippen LogP contribution >= 0.6 is 0 Å². The highest BCUT2D eigenvalue weighted by Gasteiger charge is 2.01. The van der Waals surface area contributed by atoms with Crippen molar-refractivity contribution in [1.82, 2.24) is 9.78 Å². The van der Waals surface area contributed by atoms with Crippen LogP contribution in [0.2, 0.25) is 0 Å².